The second-order valence-electron chi connectivity index (χ2n) is 22.2. The third-order valence-corrected chi connectivity index (χ3v) is 14.8. The van der Waals surface area contributed by atoms with Crippen LogP contribution in [0.15, 0.2) is 0 Å². The van der Waals surface area contributed by atoms with Gasteiger partial charge in [-0.15, -0.1) is 0 Å². The van der Waals surface area contributed by atoms with E-state index in [0.717, 1.165) is 62.2 Å². The maximum atomic E-state index is 11.7. The van der Waals surface area contributed by atoms with Gasteiger partial charge in [0.2, 0.25) is 0 Å². The van der Waals surface area contributed by atoms with E-state index in [1.807, 2.05) is 0 Å². The summed E-state index contributed by atoms with van der Waals surface area (Å²) in [6.45, 7) is 18.0. The molecule has 16 nitrogen and oxygen atoms in total. The molecular formula is C53H104O16S. The Morgan fingerprint density at radius 2 is 0.886 bits per heavy atom. The maximum Gasteiger partial charge on any atom is 0.397 e. The topological polar surface area (TPSA) is 240 Å². The standard InChI is InChI=1S/C53H104O16S/c1-37(2)21-14-10-9-11-15-23-39(5)24-16-12-13-17-31-63-35-43(64-32-30-42(8)29-20-28-41(7)27-19-26-40(6)25-18-22-38(3)4)36-65-52-50(48(58)46(56)44(33-54)66-52)68-53-51(69-70(60,61)62)49(59)47(57)45(34-55)67-53/h37-59H,9-36H2,1-8H3,(H,60,61,62)/t39-,40-,41-,42-,43+,44-,45-,46-,47-,48?,49?,50?,51?,52+,53+/m1/s1. The van der Waals surface area contributed by atoms with Crippen molar-refractivity contribution in [3.05, 3.63) is 0 Å². The lowest BCUT2D eigenvalue weighted by Gasteiger charge is -2.46. The lowest BCUT2D eigenvalue weighted by Crippen LogP contribution is -2.65. The lowest BCUT2D eigenvalue weighted by atomic mass is 9.91. The first-order chi connectivity index (χ1) is 33.3. The van der Waals surface area contributed by atoms with Crippen molar-refractivity contribution in [3.8, 4) is 0 Å². The summed E-state index contributed by atoms with van der Waals surface area (Å²) in [6.07, 6.45) is 8.77. The van der Waals surface area contributed by atoms with Crippen LogP contribution in [-0.4, -0.2) is 151 Å². The van der Waals surface area contributed by atoms with Gasteiger partial charge in [0.25, 0.3) is 0 Å². The van der Waals surface area contributed by atoms with Gasteiger partial charge in [-0.1, -0.05) is 184 Å². The fourth-order valence-electron chi connectivity index (χ4n) is 9.60. The Kier molecular flexibility index (Phi) is 34.8. The second-order valence-corrected chi connectivity index (χ2v) is 23.3. The molecule has 2 saturated heterocycles. The first kappa shape index (κ1) is 65.5. The lowest BCUT2D eigenvalue weighted by molar-refractivity contribution is -0.366. The minimum atomic E-state index is -5.25. The van der Waals surface area contributed by atoms with Crippen LogP contribution in [0.1, 0.15) is 197 Å². The van der Waals surface area contributed by atoms with Gasteiger partial charge in [0.1, 0.15) is 48.8 Å². The van der Waals surface area contributed by atoms with E-state index in [9.17, 15) is 43.6 Å². The summed E-state index contributed by atoms with van der Waals surface area (Å²) >= 11 is 0. The van der Waals surface area contributed by atoms with Crippen molar-refractivity contribution >= 4 is 10.4 Å². The van der Waals surface area contributed by atoms with Gasteiger partial charge in [-0.2, -0.15) is 8.42 Å². The van der Waals surface area contributed by atoms with Crippen molar-refractivity contribution in [1.82, 2.24) is 0 Å². The van der Waals surface area contributed by atoms with E-state index in [2.05, 4.69) is 59.6 Å². The summed E-state index contributed by atoms with van der Waals surface area (Å²) in [4.78, 5) is 0. The molecule has 0 aliphatic carbocycles. The SMILES string of the molecule is CC(C)CCCCCCC[C@@H](C)CCCCCCOC[C@@H](CO[C@H]1O[C@H](CO)[C@@H](O)C(O)C1O[C@@H]1O[C@H](CO)[C@@H](O)C(O)C1OS(=O)(=O)O)OCC[C@H](C)CCC[C@H](C)CCC[C@H](C)CCCC(C)C. The third kappa shape index (κ3) is 28.3. The van der Waals surface area contributed by atoms with Gasteiger partial charge in [-0.3, -0.25) is 4.55 Å². The molecule has 2 aliphatic heterocycles. The highest BCUT2D eigenvalue weighted by molar-refractivity contribution is 7.80. The minimum Gasteiger partial charge on any atom is -0.394 e. The Balaban J connectivity index is 1.99. The number of aliphatic hydroxyl groups excluding tert-OH is 6. The Morgan fingerprint density at radius 1 is 0.471 bits per heavy atom. The van der Waals surface area contributed by atoms with Crippen molar-refractivity contribution < 1.29 is 76.2 Å². The molecule has 2 aliphatic rings. The third-order valence-electron chi connectivity index (χ3n) is 14.4. The molecule has 15 atom stereocenters. The van der Waals surface area contributed by atoms with E-state index in [1.54, 1.807) is 0 Å². The molecule has 2 rings (SSSR count). The maximum absolute atomic E-state index is 11.7. The van der Waals surface area contributed by atoms with Crippen LogP contribution in [0.25, 0.3) is 0 Å². The van der Waals surface area contributed by atoms with Gasteiger partial charge < -0.3 is 59.1 Å². The fraction of sp³-hybridized carbons (Fsp3) is 1.00. The molecule has 70 heavy (non-hydrogen) atoms. The van der Waals surface area contributed by atoms with E-state index >= 15 is 0 Å². The largest absolute Gasteiger partial charge is 0.397 e. The Morgan fingerprint density at radius 3 is 1.39 bits per heavy atom. The smallest absolute Gasteiger partial charge is 0.394 e. The predicted molar refractivity (Wildman–Crippen MR) is 271 cm³/mol. The van der Waals surface area contributed by atoms with Crippen LogP contribution in [0.4, 0.5) is 0 Å². The second kappa shape index (κ2) is 37.2. The van der Waals surface area contributed by atoms with E-state index in [1.165, 1.54) is 103 Å². The number of aliphatic hydroxyl groups is 6. The van der Waals surface area contributed by atoms with Gasteiger partial charge in [0.05, 0.1) is 26.4 Å². The van der Waals surface area contributed by atoms with Gasteiger partial charge in [0, 0.05) is 13.2 Å². The summed E-state index contributed by atoms with van der Waals surface area (Å²) in [5.74, 6) is 4.20. The number of unbranched alkanes of at least 4 members (excludes halogenated alkanes) is 7. The molecule has 0 aromatic carbocycles. The molecule has 0 bridgehead atoms. The molecule has 2 fully saturated rings. The summed E-state index contributed by atoms with van der Waals surface area (Å²) in [5.41, 5.74) is 0. The molecular weight excluding hydrogens is 925 g/mol. The number of hydrogen-bond acceptors (Lipinski definition) is 15. The van der Waals surface area contributed by atoms with E-state index in [0.29, 0.717) is 25.0 Å². The molecule has 0 saturated carbocycles. The Labute approximate surface area is 424 Å². The van der Waals surface area contributed by atoms with E-state index < -0.39 is 91.1 Å². The molecule has 0 radical (unpaired) electrons. The number of rotatable bonds is 42. The predicted octanol–water partition coefficient (Wildman–Crippen LogP) is 8.29. The molecule has 17 heteroatoms. The van der Waals surface area contributed by atoms with Crippen LogP contribution >= 0.6 is 0 Å². The highest BCUT2D eigenvalue weighted by atomic mass is 32.3. The van der Waals surface area contributed by atoms with Crippen molar-refractivity contribution in [3.63, 3.8) is 0 Å². The van der Waals surface area contributed by atoms with Crippen LogP contribution in [0.3, 0.4) is 0 Å². The van der Waals surface area contributed by atoms with Gasteiger partial charge >= 0.3 is 10.4 Å². The average molecular weight is 1030 g/mol. The highest BCUT2D eigenvalue weighted by Gasteiger charge is 2.53. The Bertz CT molecular complexity index is 1380. The molecule has 418 valence electrons. The Hall–Kier alpha value is -0.610. The first-order valence-corrected chi connectivity index (χ1v) is 29.0. The zero-order valence-corrected chi connectivity index (χ0v) is 45.6. The van der Waals surface area contributed by atoms with E-state index in [4.69, 9.17) is 28.4 Å². The normalized spacial score (nSPS) is 27.8. The molecule has 2 heterocycles. The zero-order valence-electron chi connectivity index (χ0n) is 44.8. The van der Waals surface area contributed by atoms with Gasteiger partial charge in [-0.25, -0.2) is 4.18 Å². The molecule has 4 unspecified atom stereocenters. The summed E-state index contributed by atoms with van der Waals surface area (Å²) in [5, 5.41) is 63.0. The first-order valence-electron chi connectivity index (χ1n) is 27.6. The van der Waals surface area contributed by atoms with Crippen LogP contribution in [0.5, 0.6) is 0 Å². The highest BCUT2D eigenvalue weighted by Crippen LogP contribution is 2.32. The van der Waals surface area contributed by atoms with Crippen molar-refractivity contribution in [1.29, 1.82) is 0 Å². The van der Waals surface area contributed by atoms with Gasteiger partial charge in [-0.05, 0) is 48.3 Å². The number of hydrogen-bond donors (Lipinski definition) is 7. The number of ether oxygens (including phenoxy) is 6. The molecule has 0 aromatic heterocycles. The molecule has 7 N–H and O–H groups in total. The summed E-state index contributed by atoms with van der Waals surface area (Å²) in [6, 6.07) is 0. The van der Waals surface area contributed by atoms with E-state index in [-0.39, 0.29) is 13.2 Å². The van der Waals surface area contributed by atoms with Crippen molar-refractivity contribution in [2.45, 2.75) is 264 Å². The quantitative estimate of drug-likeness (QED) is 0.0225. The molecule has 0 aromatic rings. The van der Waals surface area contributed by atoms with Crippen LogP contribution in [0.2, 0.25) is 0 Å². The minimum absolute atomic E-state index is 0.138. The van der Waals surface area contributed by atoms with Crippen LogP contribution in [0, 0.1) is 35.5 Å². The molecule has 0 spiro atoms. The summed E-state index contributed by atoms with van der Waals surface area (Å²) in [7, 11) is -5.25. The monoisotopic (exact) mass is 1030 g/mol. The fourth-order valence-corrected chi connectivity index (χ4v) is 10.1. The van der Waals surface area contributed by atoms with Crippen molar-refractivity contribution in [2.75, 3.05) is 39.6 Å². The summed E-state index contributed by atoms with van der Waals surface area (Å²) < 4.78 is 73.4. The van der Waals surface area contributed by atoms with Crippen molar-refractivity contribution in [2.24, 2.45) is 35.5 Å². The molecule has 0 amide bonds. The van der Waals surface area contributed by atoms with Gasteiger partial charge in [0.15, 0.2) is 18.7 Å². The zero-order chi connectivity index (χ0) is 52.1. The average Bonchev–Trinajstić information content (AvgIpc) is 3.29. The van der Waals surface area contributed by atoms with Crippen LogP contribution in [-0.2, 0) is 43.0 Å². The van der Waals surface area contributed by atoms with Crippen LogP contribution < -0.4 is 0 Å².